The van der Waals surface area contributed by atoms with Crippen LogP contribution in [0.1, 0.15) is 37.0 Å². The average Bonchev–Trinajstić information content (AvgIpc) is 2.91. The highest BCUT2D eigenvalue weighted by Crippen LogP contribution is 2.40. The van der Waals surface area contributed by atoms with Crippen LogP contribution in [-0.4, -0.2) is 44.4 Å². The van der Waals surface area contributed by atoms with E-state index in [0.717, 1.165) is 11.8 Å². The van der Waals surface area contributed by atoms with Gasteiger partial charge < -0.3 is 25.1 Å². The fourth-order valence-corrected chi connectivity index (χ4v) is 4.30. The number of carboxylic acids is 1. The van der Waals surface area contributed by atoms with Crippen molar-refractivity contribution in [3.05, 3.63) is 109 Å². The average molecular weight is 574 g/mol. The Labute approximate surface area is 232 Å². The van der Waals surface area contributed by atoms with Crippen LogP contribution in [0.2, 0.25) is 0 Å². The number of aliphatic carboxylic acids is 1. The molecule has 0 saturated carbocycles. The smallest absolute Gasteiger partial charge is 0.337 e. The quantitative estimate of drug-likeness (QED) is 0.101. The summed E-state index contributed by atoms with van der Waals surface area (Å²) in [5, 5.41) is 50.5. The molecule has 2 unspecified atom stereocenters. The zero-order chi connectivity index (χ0) is 30.0. The van der Waals surface area contributed by atoms with E-state index in [1.807, 2.05) is 0 Å². The molecule has 0 amide bonds. The summed E-state index contributed by atoms with van der Waals surface area (Å²) >= 11 is 1.04. The fraction of sp³-hybridized carbons (Fsp3) is 0.240. The molecule has 0 saturated heterocycles. The number of amidine groups is 1. The summed E-state index contributed by atoms with van der Waals surface area (Å²) in [6, 6.07) is 13.5. The molecule has 2 aromatic rings. The summed E-state index contributed by atoms with van der Waals surface area (Å²) in [7, 11) is 0. The number of ether oxygens (including phenoxy) is 1. The SMILES string of the molecule is CCOC(=O)C1=C(CSC(N)=[NH2+])NC(C)=C([N+](=O)[O-])C1c1cccc([N+](=O)[O-])c1.O=C([O-])C(O)c1ccccc1. The van der Waals surface area contributed by atoms with Gasteiger partial charge in [0.05, 0.1) is 33.7 Å². The molecule has 2 atom stereocenters. The van der Waals surface area contributed by atoms with Gasteiger partial charge in [-0.05, 0) is 36.7 Å². The van der Waals surface area contributed by atoms with Gasteiger partial charge in [-0.3, -0.25) is 31.4 Å². The molecular formula is C25H27N5O9S. The van der Waals surface area contributed by atoms with Crippen LogP contribution in [0.25, 0.3) is 0 Å². The highest BCUT2D eigenvalue weighted by Gasteiger charge is 2.42. The van der Waals surface area contributed by atoms with Gasteiger partial charge in [-0.2, -0.15) is 0 Å². The number of nitrogens with zero attached hydrogens (tertiary/aromatic N) is 2. The highest BCUT2D eigenvalue weighted by atomic mass is 32.2. The lowest BCUT2D eigenvalue weighted by Gasteiger charge is -2.27. The van der Waals surface area contributed by atoms with Crippen molar-refractivity contribution >= 4 is 34.6 Å². The lowest BCUT2D eigenvalue weighted by molar-refractivity contribution is -0.431. The second kappa shape index (κ2) is 14.4. The number of nitrogens with one attached hydrogen (secondary N) is 1. The molecule has 0 radical (unpaired) electrons. The van der Waals surface area contributed by atoms with E-state index in [2.05, 4.69) is 5.32 Å². The lowest BCUT2D eigenvalue weighted by atomic mass is 9.84. The fourth-order valence-electron chi connectivity index (χ4n) is 3.76. The maximum atomic E-state index is 12.8. The number of aliphatic hydroxyl groups excluding tert-OH is 1. The standard InChI is InChI=1S/C17H19N5O6S.C8H8O3/c1-3-28-16(23)14-12(8-29-17(18)19)20-9(2)15(22(26)27)13(14)10-5-4-6-11(7-10)21(24)25;9-7(8(10)11)6-4-2-1-3-5-6/h4-7,13,20H,3,8H2,1-2H3,(H3,18,19);1-5,7,9H,(H,10,11). The number of esters is 1. The molecule has 0 aliphatic carbocycles. The molecule has 0 spiro atoms. The summed E-state index contributed by atoms with van der Waals surface area (Å²) < 4.78 is 5.12. The molecule has 14 nitrogen and oxygen atoms in total. The van der Waals surface area contributed by atoms with E-state index in [1.165, 1.54) is 43.3 Å². The molecule has 212 valence electrons. The van der Waals surface area contributed by atoms with Crippen LogP contribution in [-0.2, 0) is 14.3 Å². The van der Waals surface area contributed by atoms with Gasteiger partial charge in [0.25, 0.3) is 16.6 Å². The number of hydrogen-bond acceptors (Lipinski definition) is 11. The molecular weight excluding hydrogens is 546 g/mol. The van der Waals surface area contributed by atoms with Gasteiger partial charge in [0.1, 0.15) is 12.0 Å². The number of aliphatic hydroxyl groups is 1. The summed E-state index contributed by atoms with van der Waals surface area (Å²) in [6.07, 6.45) is -1.52. The first-order valence-corrected chi connectivity index (χ1v) is 12.6. The lowest BCUT2D eigenvalue weighted by Crippen LogP contribution is -2.44. The van der Waals surface area contributed by atoms with E-state index in [1.54, 1.807) is 25.1 Å². The van der Waals surface area contributed by atoms with Crippen LogP contribution in [0, 0.1) is 20.2 Å². The zero-order valence-corrected chi connectivity index (χ0v) is 22.3. The Bertz CT molecular complexity index is 1360. The maximum Gasteiger partial charge on any atom is 0.337 e. The minimum Gasteiger partial charge on any atom is -0.547 e. The largest absolute Gasteiger partial charge is 0.547 e. The topological polar surface area (TPSA) is 237 Å². The van der Waals surface area contributed by atoms with Gasteiger partial charge >= 0.3 is 5.97 Å². The first kappa shape index (κ1) is 31.5. The Kier molecular flexibility index (Phi) is 11.3. The number of nitro groups is 2. The molecule has 0 aromatic heterocycles. The van der Waals surface area contributed by atoms with Crippen molar-refractivity contribution in [2.24, 2.45) is 5.73 Å². The van der Waals surface area contributed by atoms with Crippen LogP contribution >= 0.6 is 11.8 Å². The van der Waals surface area contributed by atoms with Gasteiger partial charge in [0.2, 0.25) is 0 Å². The number of dihydropyridines is 1. The molecule has 0 bridgehead atoms. The molecule has 15 heteroatoms. The van der Waals surface area contributed by atoms with Crippen molar-refractivity contribution in [3.8, 4) is 0 Å². The third-order valence-electron chi connectivity index (χ3n) is 5.44. The monoisotopic (exact) mass is 573 g/mol. The van der Waals surface area contributed by atoms with E-state index in [9.17, 15) is 34.9 Å². The molecule has 1 aliphatic heterocycles. The van der Waals surface area contributed by atoms with Gasteiger partial charge in [-0.1, -0.05) is 42.5 Å². The molecule has 1 heterocycles. The van der Waals surface area contributed by atoms with Crippen molar-refractivity contribution in [1.82, 2.24) is 5.32 Å². The number of carboxylic acid groups (broad SMARTS) is 1. The van der Waals surface area contributed by atoms with E-state index < -0.39 is 33.8 Å². The van der Waals surface area contributed by atoms with Crippen molar-refractivity contribution in [2.75, 3.05) is 12.4 Å². The van der Waals surface area contributed by atoms with Crippen LogP contribution in [0.4, 0.5) is 5.69 Å². The number of nitrogens with two attached hydrogens (primary N) is 2. The summed E-state index contributed by atoms with van der Waals surface area (Å²) in [6.45, 7) is 3.14. The second-order valence-corrected chi connectivity index (χ2v) is 9.16. The van der Waals surface area contributed by atoms with Gasteiger partial charge in [0, 0.05) is 23.6 Å². The molecule has 3 rings (SSSR count). The van der Waals surface area contributed by atoms with Crippen molar-refractivity contribution in [1.29, 1.82) is 0 Å². The van der Waals surface area contributed by atoms with Crippen LogP contribution in [0.5, 0.6) is 0 Å². The number of hydrogen-bond donors (Lipinski definition) is 4. The summed E-state index contributed by atoms with van der Waals surface area (Å²) in [5.41, 5.74) is 6.03. The van der Waals surface area contributed by atoms with Crippen LogP contribution in [0.3, 0.4) is 0 Å². The minimum atomic E-state index is -1.52. The zero-order valence-electron chi connectivity index (χ0n) is 21.4. The van der Waals surface area contributed by atoms with Crippen molar-refractivity contribution in [2.45, 2.75) is 25.9 Å². The third-order valence-corrected chi connectivity index (χ3v) is 6.20. The first-order valence-electron chi connectivity index (χ1n) is 11.6. The molecule has 40 heavy (non-hydrogen) atoms. The first-order chi connectivity index (χ1) is 18.9. The van der Waals surface area contributed by atoms with E-state index in [0.29, 0.717) is 11.3 Å². The molecule has 2 aromatic carbocycles. The normalized spacial score (nSPS) is 15.2. The molecule has 0 fully saturated rings. The number of allylic oxidation sites excluding steroid dienone is 2. The van der Waals surface area contributed by atoms with E-state index in [4.69, 9.17) is 21.0 Å². The predicted octanol–water partition coefficient (Wildman–Crippen LogP) is -0.116. The summed E-state index contributed by atoms with van der Waals surface area (Å²) in [5.74, 6) is -3.28. The van der Waals surface area contributed by atoms with E-state index in [-0.39, 0.29) is 45.7 Å². The minimum absolute atomic E-state index is 0.0154. The number of nitro benzene ring substituents is 1. The van der Waals surface area contributed by atoms with Crippen molar-refractivity contribution < 1.29 is 39.8 Å². The Morgan fingerprint density at radius 1 is 1.15 bits per heavy atom. The Balaban J connectivity index is 0.000000425. The number of thioether (sulfide) groups is 1. The van der Waals surface area contributed by atoms with Crippen LogP contribution in [0.15, 0.2) is 77.3 Å². The molecule has 1 aliphatic rings. The van der Waals surface area contributed by atoms with Gasteiger partial charge in [0.15, 0.2) is 0 Å². The Hall–Kier alpha value is -4.76. The highest BCUT2D eigenvalue weighted by molar-refractivity contribution is 8.13. The van der Waals surface area contributed by atoms with Gasteiger partial charge in [-0.15, -0.1) is 0 Å². The molecule has 6 N–H and O–H groups in total. The maximum absolute atomic E-state index is 12.8. The number of benzene rings is 2. The summed E-state index contributed by atoms with van der Waals surface area (Å²) in [4.78, 5) is 44.7. The Morgan fingerprint density at radius 2 is 1.80 bits per heavy atom. The number of carbonyl (C=O) groups excluding carboxylic acids is 2. The predicted molar refractivity (Wildman–Crippen MR) is 142 cm³/mol. The van der Waals surface area contributed by atoms with Gasteiger partial charge in [-0.25, -0.2) is 4.79 Å². The van der Waals surface area contributed by atoms with Crippen LogP contribution < -0.4 is 21.6 Å². The number of rotatable bonds is 9. The number of carbonyl (C=O) groups is 2. The third kappa shape index (κ3) is 8.12. The number of non-ortho nitro benzene ring substituents is 1. The van der Waals surface area contributed by atoms with E-state index >= 15 is 0 Å². The Morgan fingerprint density at radius 3 is 2.33 bits per heavy atom. The second-order valence-electron chi connectivity index (χ2n) is 8.11. The van der Waals surface area contributed by atoms with Crippen molar-refractivity contribution in [3.63, 3.8) is 0 Å².